The molecule has 0 atom stereocenters. The zero-order valence-electron chi connectivity index (χ0n) is 8.48. The summed E-state index contributed by atoms with van der Waals surface area (Å²) in [5.74, 6) is 0. The minimum absolute atomic E-state index is 0.656. The highest BCUT2D eigenvalue weighted by molar-refractivity contribution is 9.10. The topological polar surface area (TPSA) is 12.0 Å². The van der Waals surface area contributed by atoms with Gasteiger partial charge in [0.05, 0.1) is 0 Å². The molecule has 1 fully saturated rings. The summed E-state index contributed by atoms with van der Waals surface area (Å²) < 4.78 is 1.25. The zero-order chi connectivity index (χ0) is 10.0. The van der Waals surface area contributed by atoms with Crippen molar-refractivity contribution in [1.29, 1.82) is 0 Å². The third-order valence-corrected chi connectivity index (χ3v) is 5.11. The predicted octanol–water partition coefficient (Wildman–Crippen LogP) is 3.79. The van der Waals surface area contributed by atoms with Crippen LogP contribution in [0, 0.1) is 5.41 Å². The van der Waals surface area contributed by atoms with Crippen LogP contribution in [-0.4, -0.2) is 6.54 Å². The van der Waals surface area contributed by atoms with Crippen LogP contribution in [0.15, 0.2) is 15.9 Å². The number of hydrogen-bond acceptors (Lipinski definition) is 2. The minimum atomic E-state index is 0.656. The van der Waals surface area contributed by atoms with Gasteiger partial charge in [-0.15, -0.1) is 11.3 Å². The van der Waals surface area contributed by atoms with Crippen molar-refractivity contribution in [1.82, 2.24) is 5.32 Å². The molecular weight excluding hydrogens is 258 g/mol. The fourth-order valence-corrected chi connectivity index (χ4v) is 3.19. The van der Waals surface area contributed by atoms with Crippen LogP contribution in [0.2, 0.25) is 0 Å². The van der Waals surface area contributed by atoms with Crippen LogP contribution in [0.25, 0.3) is 0 Å². The van der Waals surface area contributed by atoms with Crippen LogP contribution in [0.3, 0.4) is 0 Å². The zero-order valence-corrected chi connectivity index (χ0v) is 10.9. The first kappa shape index (κ1) is 10.7. The largest absolute Gasteiger partial charge is 0.311 e. The molecule has 14 heavy (non-hydrogen) atoms. The Bertz CT molecular complexity index is 304. The van der Waals surface area contributed by atoms with Crippen molar-refractivity contribution in [2.45, 2.75) is 32.7 Å². The maximum Gasteiger partial charge on any atom is 0.0327 e. The summed E-state index contributed by atoms with van der Waals surface area (Å²) in [7, 11) is 0. The van der Waals surface area contributed by atoms with Crippen molar-refractivity contribution < 1.29 is 0 Å². The SMILES string of the molecule is CCC1(CNCc2sccc2Br)CC1. The molecule has 0 spiro atoms. The lowest BCUT2D eigenvalue weighted by Gasteiger charge is -2.12. The average molecular weight is 274 g/mol. The summed E-state index contributed by atoms with van der Waals surface area (Å²) in [5.41, 5.74) is 0.656. The standard InChI is InChI=1S/C11H16BrNS/c1-2-11(4-5-11)8-13-7-10-9(12)3-6-14-10/h3,6,13H,2,4-5,7-8H2,1H3. The first-order valence-corrected chi connectivity index (χ1v) is 6.86. The van der Waals surface area contributed by atoms with Crippen molar-refractivity contribution in [2.75, 3.05) is 6.54 Å². The number of nitrogens with one attached hydrogen (secondary N) is 1. The average Bonchev–Trinajstić information content (AvgIpc) is 2.86. The number of hydrogen-bond donors (Lipinski definition) is 1. The Hall–Kier alpha value is 0.140. The highest BCUT2D eigenvalue weighted by atomic mass is 79.9. The Balaban J connectivity index is 1.76. The number of thiophene rings is 1. The molecule has 0 radical (unpaired) electrons. The summed E-state index contributed by atoms with van der Waals surface area (Å²) >= 11 is 5.37. The van der Waals surface area contributed by atoms with Crippen molar-refractivity contribution in [2.24, 2.45) is 5.41 Å². The summed E-state index contributed by atoms with van der Waals surface area (Å²) in [5, 5.41) is 5.70. The van der Waals surface area contributed by atoms with E-state index in [2.05, 4.69) is 39.6 Å². The van der Waals surface area contributed by atoms with Crippen LogP contribution in [0.1, 0.15) is 31.1 Å². The molecule has 1 aromatic heterocycles. The number of halogens is 1. The lowest BCUT2D eigenvalue weighted by atomic mass is 10.0. The second-order valence-electron chi connectivity index (χ2n) is 4.15. The fraction of sp³-hybridized carbons (Fsp3) is 0.636. The van der Waals surface area contributed by atoms with E-state index in [9.17, 15) is 0 Å². The van der Waals surface area contributed by atoms with Crippen LogP contribution >= 0.6 is 27.3 Å². The van der Waals surface area contributed by atoms with Gasteiger partial charge in [-0.25, -0.2) is 0 Å². The smallest absolute Gasteiger partial charge is 0.0327 e. The Morgan fingerprint density at radius 2 is 2.36 bits per heavy atom. The van der Waals surface area contributed by atoms with Crippen LogP contribution < -0.4 is 5.32 Å². The lowest BCUT2D eigenvalue weighted by molar-refractivity contribution is 0.444. The van der Waals surface area contributed by atoms with E-state index in [0.717, 1.165) is 6.54 Å². The summed E-state index contributed by atoms with van der Waals surface area (Å²) in [4.78, 5) is 1.41. The van der Waals surface area contributed by atoms with E-state index >= 15 is 0 Å². The molecule has 0 bridgehead atoms. The molecule has 3 heteroatoms. The van der Waals surface area contributed by atoms with Gasteiger partial charge in [-0.1, -0.05) is 6.92 Å². The van der Waals surface area contributed by atoms with Gasteiger partial charge in [-0.3, -0.25) is 0 Å². The Morgan fingerprint density at radius 1 is 1.57 bits per heavy atom. The Morgan fingerprint density at radius 3 is 2.86 bits per heavy atom. The second kappa shape index (κ2) is 4.33. The van der Waals surface area contributed by atoms with E-state index < -0.39 is 0 Å². The first-order chi connectivity index (χ1) is 6.76. The highest BCUT2D eigenvalue weighted by Crippen LogP contribution is 2.47. The Labute approximate surface area is 98.0 Å². The molecule has 0 amide bonds. The number of rotatable bonds is 5. The third-order valence-electron chi connectivity index (χ3n) is 3.18. The van der Waals surface area contributed by atoms with Crippen molar-refractivity contribution >= 4 is 27.3 Å². The monoisotopic (exact) mass is 273 g/mol. The molecule has 1 N–H and O–H groups in total. The maximum absolute atomic E-state index is 3.56. The summed E-state index contributed by atoms with van der Waals surface area (Å²) in [6.07, 6.45) is 4.16. The highest BCUT2D eigenvalue weighted by Gasteiger charge is 2.39. The predicted molar refractivity (Wildman–Crippen MR) is 65.7 cm³/mol. The molecule has 0 aliphatic heterocycles. The molecule has 1 saturated carbocycles. The van der Waals surface area contributed by atoms with Crippen molar-refractivity contribution in [3.05, 3.63) is 20.8 Å². The lowest BCUT2D eigenvalue weighted by Crippen LogP contribution is -2.22. The maximum atomic E-state index is 3.56. The summed E-state index contributed by atoms with van der Waals surface area (Å²) in [6.45, 7) is 4.50. The van der Waals surface area contributed by atoms with Gasteiger partial charge in [0, 0.05) is 22.4 Å². The van der Waals surface area contributed by atoms with Gasteiger partial charge in [0.2, 0.25) is 0 Å². The molecule has 0 unspecified atom stereocenters. The second-order valence-corrected chi connectivity index (χ2v) is 6.00. The molecule has 1 nitrogen and oxygen atoms in total. The molecule has 0 saturated heterocycles. The molecule has 1 aliphatic rings. The molecule has 1 heterocycles. The van der Waals surface area contributed by atoms with Gasteiger partial charge in [-0.05, 0) is 52.1 Å². The third kappa shape index (κ3) is 2.38. The van der Waals surface area contributed by atoms with Crippen LogP contribution in [-0.2, 0) is 6.54 Å². The molecule has 1 aliphatic carbocycles. The fourth-order valence-electron chi connectivity index (χ4n) is 1.72. The van der Waals surface area contributed by atoms with Crippen molar-refractivity contribution in [3.63, 3.8) is 0 Å². The molecular formula is C11H16BrNS. The van der Waals surface area contributed by atoms with Gasteiger partial charge in [-0.2, -0.15) is 0 Å². The molecule has 78 valence electrons. The van der Waals surface area contributed by atoms with E-state index in [1.165, 1.54) is 35.2 Å². The van der Waals surface area contributed by atoms with Crippen LogP contribution in [0.5, 0.6) is 0 Å². The van der Waals surface area contributed by atoms with E-state index in [4.69, 9.17) is 0 Å². The normalized spacial score (nSPS) is 18.4. The minimum Gasteiger partial charge on any atom is -0.311 e. The van der Waals surface area contributed by atoms with Gasteiger partial charge in [0.1, 0.15) is 0 Å². The van der Waals surface area contributed by atoms with Crippen molar-refractivity contribution in [3.8, 4) is 0 Å². The molecule has 2 rings (SSSR count). The van der Waals surface area contributed by atoms with Gasteiger partial charge in [0.15, 0.2) is 0 Å². The van der Waals surface area contributed by atoms with E-state index in [-0.39, 0.29) is 0 Å². The van der Waals surface area contributed by atoms with Gasteiger partial charge >= 0.3 is 0 Å². The van der Waals surface area contributed by atoms with E-state index in [1.807, 2.05) is 11.3 Å². The molecule has 0 aromatic carbocycles. The van der Waals surface area contributed by atoms with Gasteiger partial charge in [0.25, 0.3) is 0 Å². The first-order valence-electron chi connectivity index (χ1n) is 5.18. The van der Waals surface area contributed by atoms with E-state index in [0.29, 0.717) is 5.41 Å². The van der Waals surface area contributed by atoms with Crippen LogP contribution in [0.4, 0.5) is 0 Å². The quantitative estimate of drug-likeness (QED) is 0.861. The molecule has 1 aromatic rings. The Kier molecular flexibility index (Phi) is 3.30. The summed E-state index contributed by atoms with van der Waals surface area (Å²) in [6, 6.07) is 2.12. The van der Waals surface area contributed by atoms with Gasteiger partial charge < -0.3 is 5.32 Å². The van der Waals surface area contributed by atoms with E-state index in [1.54, 1.807) is 0 Å².